The average molecular weight is 379 g/mol. The second-order valence-corrected chi connectivity index (χ2v) is 9.28. The summed E-state index contributed by atoms with van der Waals surface area (Å²) in [5.41, 5.74) is 0.263. The number of halogens is 5. The van der Waals surface area contributed by atoms with Crippen molar-refractivity contribution in [2.45, 2.75) is 24.5 Å². The third-order valence-electron chi connectivity index (χ3n) is 2.98. The zero-order chi connectivity index (χ0) is 17.7. The molecule has 2 rings (SSSR count). The molecular weight excluding hydrogens is 365 g/mol. The van der Waals surface area contributed by atoms with E-state index in [-0.39, 0.29) is 17.4 Å². The van der Waals surface area contributed by atoms with Gasteiger partial charge in [-0.1, -0.05) is 19.4 Å². The minimum Gasteiger partial charge on any atom is -0.345 e. The summed E-state index contributed by atoms with van der Waals surface area (Å²) < 4.78 is 92.1. The predicted molar refractivity (Wildman–Crippen MR) is 78.7 cm³/mol. The fraction of sp³-hybridized carbons (Fsp3) is 0.333. The Hall–Kier alpha value is -1.33. The fourth-order valence-electron chi connectivity index (χ4n) is 2.18. The van der Waals surface area contributed by atoms with Gasteiger partial charge in [0.1, 0.15) is 4.90 Å². The molecule has 1 heterocycles. The third-order valence-corrected chi connectivity index (χ3v) is 4.80. The highest BCUT2D eigenvalue weighted by Crippen LogP contribution is 3.02. The van der Waals surface area contributed by atoms with Crippen LogP contribution in [0.5, 0.6) is 0 Å². The van der Waals surface area contributed by atoms with Gasteiger partial charge in [0.25, 0.3) is 10.1 Å². The molecule has 0 N–H and O–H groups in total. The van der Waals surface area contributed by atoms with Gasteiger partial charge in [-0.05, 0) is 31.2 Å². The minimum atomic E-state index is -9.73. The molecule has 0 saturated carbocycles. The van der Waals surface area contributed by atoms with Crippen LogP contribution in [0, 0.1) is 0 Å². The van der Waals surface area contributed by atoms with E-state index in [1.807, 2.05) is 0 Å². The summed E-state index contributed by atoms with van der Waals surface area (Å²) in [5.74, 6) is 0. The molecule has 2 aromatic rings. The van der Waals surface area contributed by atoms with Gasteiger partial charge in [-0.25, -0.2) is 0 Å². The van der Waals surface area contributed by atoms with E-state index in [1.165, 1.54) is 23.8 Å². The largest absolute Gasteiger partial charge is 0.345 e. The molecule has 1 aromatic carbocycles. The Kier molecular flexibility index (Phi) is 3.61. The molecule has 0 aliphatic rings. The van der Waals surface area contributed by atoms with Crippen LogP contribution in [-0.2, 0) is 20.8 Å². The SMILES string of the molecule is C[C@@H](Cn1ccc2cc(S(F)(F)(F)(F)F)ccc21)OS(C)(=O)=O. The zero-order valence-electron chi connectivity index (χ0n) is 12.0. The molecule has 0 saturated heterocycles. The van der Waals surface area contributed by atoms with Crippen molar-refractivity contribution in [1.82, 2.24) is 4.57 Å². The Morgan fingerprint density at radius 1 is 1.17 bits per heavy atom. The lowest BCUT2D eigenvalue weighted by molar-refractivity contribution is 0.211. The molecule has 0 aliphatic carbocycles. The van der Waals surface area contributed by atoms with Crippen molar-refractivity contribution in [1.29, 1.82) is 0 Å². The molecule has 11 heteroatoms. The predicted octanol–water partition coefficient (Wildman–Crippen LogP) is 4.66. The topological polar surface area (TPSA) is 48.3 Å². The highest BCUT2D eigenvalue weighted by Gasteiger charge is 2.65. The number of benzene rings is 1. The summed E-state index contributed by atoms with van der Waals surface area (Å²) in [6, 6.07) is 2.88. The number of aromatic nitrogens is 1. The minimum absolute atomic E-state index is 0.0256. The van der Waals surface area contributed by atoms with Gasteiger partial charge in [0, 0.05) is 17.1 Å². The van der Waals surface area contributed by atoms with Crippen molar-refractivity contribution in [2.75, 3.05) is 6.26 Å². The van der Waals surface area contributed by atoms with E-state index in [0.29, 0.717) is 12.1 Å². The van der Waals surface area contributed by atoms with Crippen LogP contribution < -0.4 is 0 Å². The van der Waals surface area contributed by atoms with Gasteiger partial charge >= 0.3 is 10.2 Å². The van der Waals surface area contributed by atoms with Crippen LogP contribution in [0.25, 0.3) is 10.9 Å². The van der Waals surface area contributed by atoms with Gasteiger partial charge in [0.15, 0.2) is 0 Å². The summed E-state index contributed by atoms with van der Waals surface area (Å²) in [7, 11) is -13.4. The highest BCUT2D eigenvalue weighted by atomic mass is 32.5. The zero-order valence-corrected chi connectivity index (χ0v) is 13.7. The summed E-state index contributed by atoms with van der Waals surface area (Å²) in [5, 5.41) is -0.0256. The maximum Gasteiger partial charge on any atom is 0.310 e. The van der Waals surface area contributed by atoms with Crippen LogP contribution in [0.4, 0.5) is 19.4 Å². The van der Waals surface area contributed by atoms with E-state index in [4.69, 9.17) is 4.18 Å². The van der Waals surface area contributed by atoms with E-state index in [0.717, 1.165) is 12.3 Å². The van der Waals surface area contributed by atoms with Crippen LogP contribution in [0.1, 0.15) is 6.92 Å². The molecule has 0 radical (unpaired) electrons. The quantitative estimate of drug-likeness (QED) is 0.561. The van der Waals surface area contributed by atoms with E-state index < -0.39 is 31.3 Å². The van der Waals surface area contributed by atoms with E-state index in [1.54, 1.807) is 0 Å². The second-order valence-electron chi connectivity index (χ2n) is 5.27. The normalized spacial score (nSPS) is 17.7. The maximum absolute atomic E-state index is 12.8. The first-order valence-corrected chi connectivity index (χ1v) is 10.0. The van der Waals surface area contributed by atoms with Crippen LogP contribution >= 0.6 is 10.2 Å². The van der Waals surface area contributed by atoms with Crippen molar-refractivity contribution in [3.63, 3.8) is 0 Å². The average Bonchev–Trinajstić information content (AvgIpc) is 2.66. The van der Waals surface area contributed by atoms with Gasteiger partial charge in [0.2, 0.25) is 0 Å². The molecule has 1 atom stereocenters. The van der Waals surface area contributed by atoms with Gasteiger partial charge in [-0.2, -0.15) is 8.42 Å². The Bertz CT molecular complexity index is 858. The van der Waals surface area contributed by atoms with E-state index >= 15 is 0 Å². The number of hydrogen-bond acceptors (Lipinski definition) is 3. The van der Waals surface area contributed by atoms with Crippen LogP contribution in [0.3, 0.4) is 0 Å². The van der Waals surface area contributed by atoms with Crippen molar-refractivity contribution in [2.24, 2.45) is 0 Å². The molecular formula is C12H14F5NO3S2. The molecule has 0 amide bonds. The summed E-state index contributed by atoms with van der Waals surface area (Å²) in [6.07, 6.45) is 1.48. The van der Waals surface area contributed by atoms with Gasteiger partial charge in [-0.15, -0.1) is 0 Å². The summed E-state index contributed by atoms with van der Waals surface area (Å²) in [6.45, 7) is 1.50. The first-order valence-electron chi connectivity index (χ1n) is 6.26. The lowest BCUT2D eigenvalue weighted by atomic mass is 10.2. The molecule has 132 valence electrons. The monoisotopic (exact) mass is 379 g/mol. The van der Waals surface area contributed by atoms with Gasteiger partial charge in [0.05, 0.1) is 18.9 Å². The molecule has 1 aromatic heterocycles. The lowest BCUT2D eigenvalue weighted by Crippen LogP contribution is -2.19. The highest BCUT2D eigenvalue weighted by molar-refractivity contribution is 8.45. The molecule has 23 heavy (non-hydrogen) atoms. The summed E-state index contributed by atoms with van der Waals surface area (Å²) >= 11 is 0. The molecule has 0 spiro atoms. The van der Waals surface area contributed by atoms with Crippen molar-refractivity contribution in [3.8, 4) is 0 Å². The maximum atomic E-state index is 12.8. The first-order chi connectivity index (χ1) is 10.0. The first kappa shape index (κ1) is 18.0. The van der Waals surface area contributed by atoms with Crippen molar-refractivity contribution >= 4 is 31.2 Å². The molecule has 0 aliphatic heterocycles. The van der Waals surface area contributed by atoms with E-state index in [2.05, 4.69) is 0 Å². The second kappa shape index (κ2) is 4.61. The molecule has 0 fully saturated rings. The Balaban J connectivity index is 2.37. The lowest BCUT2D eigenvalue weighted by Gasteiger charge is -2.40. The Morgan fingerprint density at radius 3 is 2.30 bits per heavy atom. The van der Waals surface area contributed by atoms with Gasteiger partial charge in [-0.3, -0.25) is 4.18 Å². The molecule has 0 bridgehead atoms. The Morgan fingerprint density at radius 2 is 1.78 bits per heavy atom. The smallest absolute Gasteiger partial charge is 0.310 e. The number of rotatable bonds is 5. The molecule has 0 unspecified atom stereocenters. The van der Waals surface area contributed by atoms with E-state index in [9.17, 15) is 27.8 Å². The van der Waals surface area contributed by atoms with Gasteiger partial charge < -0.3 is 4.57 Å². The third kappa shape index (κ3) is 4.58. The standard InChI is InChI=1S/C12H14F5NO3S2/c1-9(21-22(2,19)20)8-18-6-5-10-7-11(3-4-12(10)18)23(13,14,15,16)17/h3-7,9H,8H2,1-2H3/t9-/m0/s1. The van der Waals surface area contributed by atoms with Crippen LogP contribution in [-0.4, -0.2) is 25.3 Å². The van der Waals surface area contributed by atoms with Crippen molar-refractivity contribution < 1.29 is 32.0 Å². The van der Waals surface area contributed by atoms with Crippen LogP contribution in [0.2, 0.25) is 0 Å². The number of fused-ring (bicyclic) bond motifs is 1. The van der Waals surface area contributed by atoms with Crippen LogP contribution in [0.15, 0.2) is 35.4 Å². The Labute approximate surface area is 129 Å². The van der Waals surface area contributed by atoms with Crippen molar-refractivity contribution in [3.05, 3.63) is 30.5 Å². The number of nitrogens with zero attached hydrogens (tertiary/aromatic N) is 1. The fourth-order valence-corrected chi connectivity index (χ4v) is 3.52. The summed E-state index contributed by atoms with van der Waals surface area (Å²) in [4.78, 5) is -1.96. The number of hydrogen-bond donors (Lipinski definition) is 0. The molecule has 4 nitrogen and oxygen atoms in total.